The molecule has 1 amide bonds. The SMILES string of the molecule is C[C@@H]1COCCN1c1cc(-c2ccc(N3CCCCC3=O)c(C#N)c2)c2cnn(-c3cc[nH]n3)c2n1. The molecule has 10 heteroatoms. The van der Waals surface area contributed by atoms with Gasteiger partial charge in [0.2, 0.25) is 5.91 Å². The minimum Gasteiger partial charge on any atom is -0.377 e. The number of nitrogens with zero attached hydrogens (tertiary/aromatic N) is 7. The number of ether oxygens (including phenoxy) is 1. The van der Waals surface area contributed by atoms with Crippen molar-refractivity contribution < 1.29 is 9.53 Å². The van der Waals surface area contributed by atoms with Gasteiger partial charge in [-0.15, -0.1) is 0 Å². The van der Waals surface area contributed by atoms with Gasteiger partial charge in [0.15, 0.2) is 11.5 Å². The number of carbonyl (C=O) groups is 1. The number of amides is 1. The molecule has 0 unspecified atom stereocenters. The molecule has 2 aliphatic heterocycles. The third-order valence-electron chi connectivity index (χ3n) is 6.94. The van der Waals surface area contributed by atoms with E-state index >= 15 is 0 Å². The molecule has 2 fully saturated rings. The maximum absolute atomic E-state index is 12.5. The fraction of sp³-hybridized carbons (Fsp3) is 0.346. The zero-order valence-electron chi connectivity index (χ0n) is 20.0. The summed E-state index contributed by atoms with van der Waals surface area (Å²) in [7, 11) is 0. The highest BCUT2D eigenvalue weighted by atomic mass is 16.5. The number of piperidine rings is 1. The van der Waals surface area contributed by atoms with E-state index in [2.05, 4.69) is 39.3 Å². The van der Waals surface area contributed by atoms with Crippen LogP contribution in [0.2, 0.25) is 0 Å². The number of rotatable bonds is 4. The van der Waals surface area contributed by atoms with Crippen molar-refractivity contribution in [3.05, 3.63) is 48.3 Å². The second kappa shape index (κ2) is 9.09. The molecule has 182 valence electrons. The average molecular weight is 483 g/mol. The van der Waals surface area contributed by atoms with Crippen LogP contribution < -0.4 is 9.80 Å². The first kappa shape index (κ1) is 22.2. The number of hydrogen-bond acceptors (Lipinski definition) is 7. The second-order valence-corrected chi connectivity index (χ2v) is 9.22. The standard InChI is InChI=1S/C26H26N8O2/c1-17-16-36-11-10-32(17)24-13-20(21-15-29-34(26(21)30-24)23-7-8-28-31-23)18-5-6-22(19(12-18)14-27)33-9-3-2-4-25(33)35/h5-8,12-13,15,17H,2-4,9-11,16H2,1H3,(H,28,31)/t17-/m1/s1. The number of pyridine rings is 1. The van der Waals surface area contributed by atoms with Crippen molar-refractivity contribution in [1.82, 2.24) is 25.0 Å². The van der Waals surface area contributed by atoms with Crippen LogP contribution in [0.5, 0.6) is 0 Å². The molecule has 3 aromatic heterocycles. The quantitative estimate of drug-likeness (QED) is 0.474. The van der Waals surface area contributed by atoms with Crippen molar-refractivity contribution in [1.29, 1.82) is 5.26 Å². The molecule has 1 atom stereocenters. The van der Waals surface area contributed by atoms with Crippen LogP contribution >= 0.6 is 0 Å². The molecule has 0 aliphatic carbocycles. The zero-order valence-corrected chi connectivity index (χ0v) is 20.0. The van der Waals surface area contributed by atoms with Crippen LogP contribution in [0.15, 0.2) is 42.7 Å². The number of aromatic amines is 1. The summed E-state index contributed by atoms with van der Waals surface area (Å²) >= 11 is 0. The van der Waals surface area contributed by atoms with E-state index in [0.717, 1.165) is 41.7 Å². The minimum absolute atomic E-state index is 0.0701. The number of nitrogens with one attached hydrogen (secondary N) is 1. The van der Waals surface area contributed by atoms with Crippen molar-refractivity contribution in [3.8, 4) is 23.0 Å². The Labute approximate surface area is 208 Å². The van der Waals surface area contributed by atoms with Gasteiger partial charge < -0.3 is 14.5 Å². The highest BCUT2D eigenvalue weighted by Crippen LogP contribution is 2.36. The lowest BCUT2D eigenvalue weighted by Gasteiger charge is -2.34. The number of morpholine rings is 1. The number of H-pyrrole nitrogens is 1. The number of hydrogen-bond donors (Lipinski definition) is 1. The van der Waals surface area contributed by atoms with E-state index in [4.69, 9.17) is 9.72 Å². The van der Waals surface area contributed by atoms with E-state index in [-0.39, 0.29) is 11.9 Å². The van der Waals surface area contributed by atoms with E-state index in [1.54, 1.807) is 22.0 Å². The van der Waals surface area contributed by atoms with Gasteiger partial charge in [-0.25, -0.2) is 4.98 Å². The van der Waals surface area contributed by atoms with Gasteiger partial charge in [0.05, 0.1) is 36.7 Å². The van der Waals surface area contributed by atoms with Gasteiger partial charge in [0.1, 0.15) is 11.9 Å². The topological polar surface area (TPSA) is 116 Å². The van der Waals surface area contributed by atoms with Gasteiger partial charge in [-0.05, 0) is 49.1 Å². The molecule has 4 aromatic rings. The van der Waals surface area contributed by atoms with E-state index < -0.39 is 0 Å². The van der Waals surface area contributed by atoms with Gasteiger partial charge in [-0.1, -0.05) is 6.07 Å². The molecule has 2 saturated heterocycles. The third kappa shape index (κ3) is 3.78. The lowest BCUT2D eigenvalue weighted by atomic mass is 9.99. The van der Waals surface area contributed by atoms with Gasteiger partial charge in [0, 0.05) is 37.2 Å². The summed E-state index contributed by atoms with van der Waals surface area (Å²) in [6, 6.07) is 12.1. The van der Waals surface area contributed by atoms with Gasteiger partial charge in [-0.2, -0.15) is 20.1 Å². The Morgan fingerprint density at radius 3 is 2.86 bits per heavy atom. The van der Waals surface area contributed by atoms with Crippen LogP contribution in [0, 0.1) is 11.3 Å². The van der Waals surface area contributed by atoms with E-state index in [0.29, 0.717) is 48.9 Å². The monoisotopic (exact) mass is 482 g/mol. The predicted octanol–water partition coefficient (Wildman–Crippen LogP) is 3.42. The molecule has 2 aliphatic rings. The van der Waals surface area contributed by atoms with Gasteiger partial charge in [0.25, 0.3) is 0 Å². The molecule has 36 heavy (non-hydrogen) atoms. The average Bonchev–Trinajstić information content (AvgIpc) is 3.58. The molecular weight excluding hydrogens is 456 g/mol. The number of fused-ring (bicyclic) bond motifs is 1. The lowest BCUT2D eigenvalue weighted by Crippen LogP contribution is -2.44. The van der Waals surface area contributed by atoms with Crippen LogP contribution in [0.3, 0.4) is 0 Å². The first-order chi connectivity index (χ1) is 17.6. The number of benzene rings is 1. The number of anilines is 2. The molecule has 0 radical (unpaired) electrons. The summed E-state index contributed by atoms with van der Waals surface area (Å²) in [5.74, 6) is 1.53. The second-order valence-electron chi connectivity index (χ2n) is 9.22. The van der Waals surface area contributed by atoms with Gasteiger partial charge in [-0.3, -0.25) is 9.89 Å². The van der Waals surface area contributed by atoms with Crippen molar-refractivity contribution in [2.45, 2.75) is 32.2 Å². The summed E-state index contributed by atoms with van der Waals surface area (Å²) in [6.07, 6.45) is 5.89. The first-order valence-electron chi connectivity index (χ1n) is 12.2. The highest BCUT2D eigenvalue weighted by molar-refractivity contribution is 5.98. The minimum atomic E-state index is 0.0701. The molecule has 6 rings (SSSR count). The summed E-state index contributed by atoms with van der Waals surface area (Å²) < 4.78 is 7.36. The zero-order chi connectivity index (χ0) is 24.6. The molecule has 5 heterocycles. The number of carbonyl (C=O) groups excluding carboxylic acids is 1. The largest absolute Gasteiger partial charge is 0.377 e. The Kier molecular flexibility index (Phi) is 5.62. The first-order valence-corrected chi connectivity index (χ1v) is 12.2. The fourth-order valence-electron chi connectivity index (χ4n) is 5.07. The van der Waals surface area contributed by atoms with Crippen LogP contribution in [0.1, 0.15) is 31.7 Å². The maximum Gasteiger partial charge on any atom is 0.227 e. The molecule has 1 aromatic carbocycles. The Bertz CT molecular complexity index is 1470. The Morgan fingerprint density at radius 2 is 2.08 bits per heavy atom. The van der Waals surface area contributed by atoms with E-state index in [1.807, 2.05) is 24.3 Å². The van der Waals surface area contributed by atoms with Crippen molar-refractivity contribution >= 4 is 28.4 Å². The van der Waals surface area contributed by atoms with Crippen molar-refractivity contribution in [3.63, 3.8) is 0 Å². The van der Waals surface area contributed by atoms with E-state index in [1.165, 1.54) is 0 Å². The Hall–Kier alpha value is -4.23. The van der Waals surface area contributed by atoms with Crippen LogP contribution in [0.4, 0.5) is 11.5 Å². The van der Waals surface area contributed by atoms with Gasteiger partial charge >= 0.3 is 0 Å². The lowest BCUT2D eigenvalue weighted by molar-refractivity contribution is -0.119. The third-order valence-corrected chi connectivity index (χ3v) is 6.94. The normalized spacial score (nSPS) is 18.6. The van der Waals surface area contributed by atoms with Crippen molar-refractivity contribution in [2.24, 2.45) is 0 Å². The van der Waals surface area contributed by atoms with Crippen LogP contribution in [-0.2, 0) is 9.53 Å². The highest BCUT2D eigenvalue weighted by Gasteiger charge is 2.25. The number of aromatic nitrogens is 5. The summed E-state index contributed by atoms with van der Waals surface area (Å²) in [4.78, 5) is 21.5. The van der Waals surface area contributed by atoms with Crippen molar-refractivity contribution in [2.75, 3.05) is 36.1 Å². The molecule has 1 N–H and O–H groups in total. The van der Waals surface area contributed by atoms with Crippen LogP contribution in [0.25, 0.3) is 28.0 Å². The summed E-state index contributed by atoms with van der Waals surface area (Å²) in [5.41, 5.74) is 3.63. The van der Waals surface area contributed by atoms with Crippen LogP contribution in [-0.4, -0.2) is 63.2 Å². The molecular formula is C26H26N8O2. The number of nitriles is 1. The summed E-state index contributed by atoms with van der Waals surface area (Å²) in [6.45, 7) is 4.75. The molecule has 0 spiro atoms. The fourth-order valence-corrected chi connectivity index (χ4v) is 5.07. The van der Waals surface area contributed by atoms with E-state index in [9.17, 15) is 10.1 Å². The smallest absolute Gasteiger partial charge is 0.227 e. The predicted molar refractivity (Wildman–Crippen MR) is 135 cm³/mol. The Morgan fingerprint density at radius 1 is 1.17 bits per heavy atom. The Balaban J connectivity index is 1.51. The maximum atomic E-state index is 12.5. The molecule has 10 nitrogen and oxygen atoms in total. The molecule has 0 bridgehead atoms. The summed E-state index contributed by atoms with van der Waals surface area (Å²) in [5, 5.41) is 22.6. The molecule has 0 saturated carbocycles.